The van der Waals surface area contributed by atoms with E-state index in [0.717, 1.165) is 49.9 Å². The number of aromatic nitrogens is 4. The van der Waals surface area contributed by atoms with E-state index >= 15 is 0 Å². The molecule has 0 bridgehead atoms. The highest BCUT2D eigenvalue weighted by Gasteiger charge is 2.23. The molecule has 3 heterocycles. The Morgan fingerprint density at radius 1 is 0.541 bits per heavy atom. The lowest BCUT2D eigenvalue weighted by molar-refractivity contribution is -0.571. The minimum atomic E-state index is -0.569. The summed E-state index contributed by atoms with van der Waals surface area (Å²) in [5, 5.41) is 2.09. The molecule has 12 rings (SSSR count). The standard InChI is InChI=1S/C69H58N4O/c1-46(2)47(3)60-43-67(70-44-62(60)51-32-35-53(36-33-51)69(4,5)6)73-63-39-34-52(48-20-10-7-11-21-48)40-61(63)59-38-37-56(42-66(59)73)74-55-27-18-26-54(41-55)71-45-72(65-31-17-16-30-64(65)71)68-57(49-22-12-8-13-23-49)28-19-29-58(68)50-24-14-9-15-25-50/h7-44,46-47H,1-6H3/i8D,9D,12D,13D,14D,15D,22D,23D,24D,25D. The maximum atomic E-state index is 9.10. The van der Waals surface area contributed by atoms with E-state index < -0.39 is 60.4 Å². The number of nitrogens with zero attached hydrogens (tertiary/aromatic N) is 4. The van der Waals surface area contributed by atoms with Gasteiger partial charge < -0.3 is 4.74 Å². The van der Waals surface area contributed by atoms with Crippen LogP contribution in [0.4, 0.5) is 0 Å². The Morgan fingerprint density at radius 3 is 1.91 bits per heavy atom. The summed E-state index contributed by atoms with van der Waals surface area (Å²) in [5.41, 5.74) is 10.9. The monoisotopic (exact) mass is 969 g/mol. The predicted molar refractivity (Wildman–Crippen MR) is 306 cm³/mol. The van der Waals surface area contributed by atoms with Gasteiger partial charge in [-0.2, -0.15) is 0 Å². The van der Waals surface area contributed by atoms with Crippen LogP contribution < -0.4 is 9.30 Å². The lowest BCUT2D eigenvalue weighted by Gasteiger charge is -2.23. The smallest absolute Gasteiger partial charge is 0.269 e. The molecule has 0 fully saturated rings. The van der Waals surface area contributed by atoms with Crippen LogP contribution in [0.2, 0.25) is 0 Å². The molecule has 0 aliphatic heterocycles. The molecule has 0 radical (unpaired) electrons. The minimum absolute atomic E-state index is 0.0187. The molecule has 0 saturated heterocycles. The van der Waals surface area contributed by atoms with Crippen molar-refractivity contribution in [2.75, 3.05) is 0 Å². The molecule has 0 aliphatic carbocycles. The van der Waals surface area contributed by atoms with Gasteiger partial charge in [0.1, 0.15) is 17.3 Å². The molecule has 1 atom stereocenters. The first kappa shape index (κ1) is 36.2. The van der Waals surface area contributed by atoms with Gasteiger partial charge in [-0.1, -0.05) is 211 Å². The minimum Gasteiger partial charge on any atom is -0.458 e. The number of para-hydroxylation sites is 3. The number of rotatable bonds is 11. The number of imidazole rings is 1. The Labute approximate surface area is 448 Å². The Bertz CT molecular complexity index is 4480. The van der Waals surface area contributed by atoms with E-state index in [1.165, 1.54) is 11.1 Å². The molecule has 1 unspecified atom stereocenters. The van der Waals surface area contributed by atoms with E-state index in [4.69, 9.17) is 23.4 Å². The van der Waals surface area contributed by atoms with Crippen LogP contribution in [-0.4, -0.2) is 14.1 Å². The molecule has 0 amide bonds. The summed E-state index contributed by atoms with van der Waals surface area (Å²) in [4.78, 5) is 5.27. The highest BCUT2D eigenvalue weighted by Crippen LogP contribution is 2.41. The third kappa shape index (κ3) is 8.54. The number of fused-ring (bicyclic) bond motifs is 4. The fourth-order valence-electron chi connectivity index (χ4n) is 10.0. The fraction of sp³-hybridized carbons (Fsp3) is 0.130. The first-order valence-electron chi connectivity index (χ1n) is 30.0. The van der Waals surface area contributed by atoms with Crippen molar-refractivity contribution in [3.05, 3.63) is 248 Å². The molecule has 0 N–H and O–H groups in total. The maximum Gasteiger partial charge on any atom is 0.269 e. The van der Waals surface area contributed by atoms with E-state index in [-0.39, 0.29) is 39.3 Å². The SMILES string of the molecule is [2H]c1c([2H])c([2H])c(-c2cccc(-c3c([2H])c([2H])c([2H])c([2H])c3[2H])c2-[n+]2[c-]n(-c3cccc(Oc4ccc5c6cc(-c7ccccc7)ccc6n(-c6cc(C(C)C(C)C)c(-c7ccc(C(C)(C)C)cc7)cn6)c5c4)c3)c3ccccc32)c([2H])c1[2H]. The highest BCUT2D eigenvalue weighted by atomic mass is 16.5. The van der Waals surface area contributed by atoms with E-state index in [9.17, 15) is 0 Å². The summed E-state index contributed by atoms with van der Waals surface area (Å²) < 4.78 is 100. The average Bonchev–Trinajstić information content (AvgIpc) is 1.73. The predicted octanol–water partition coefficient (Wildman–Crippen LogP) is 17.7. The third-order valence-electron chi connectivity index (χ3n) is 14.2. The molecule has 5 heteroatoms. The number of ether oxygens (including phenoxy) is 1. The summed E-state index contributed by atoms with van der Waals surface area (Å²) in [6, 6.07) is 48.7. The van der Waals surface area contributed by atoms with Gasteiger partial charge in [0.2, 0.25) is 0 Å². The zero-order valence-corrected chi connectivity index (χ0v) is 42.0. The van der Waals surface area contributed by atoms with Crippen molar-refractivity contribution in [3.63, 3.8) is 0 Å². The first-order chi connectivity index (χ1) is 40.2. The summed E-state index contributed by atoms with van der Waals surface area (Å²) in [7, 11) is 0. The summed E-state index contributed by atoms with van der Waals surface area (Å²) >= 11 is 0. The van der Waals surface area contributed by atoms with Crippen LogP contribution in [0.15, 0.2) is 230 Å². The topological polar surface area (TPSA) is 35.9 Å². The molecular weight excluding hydrogens is 901 g/mol. The Kier molecular flexibility index (Phi) is 9.28. The molecule has 0 saturated carbocycles. The van der Waals surface area contributed by atoms with E-state index in [1.54, 1.807) is 22.8 Å². The average molecular weight is 969 g/mol. The van der Waals surface area contributed by atoms with Gasteiger partial charge in [0.25, 0.3) is 6.33 Å². The maximum absolute atomic E-state index is 9.10. The van der Waals surface area contributed by atoms with Crippen molar-refractivity contribution in [2.45, 2.75) is 52.9 Å². The summed E-state index contributed by atoms with van der Waals surface area (Å²) in [5.74, 6) is 2.42. The van der Waals surface area contributed by atoms with Crippen molar-refractivity contribution >= 4 is 32.8 Å². The highest BCUT2D eigenvalue weighted by molar-refractivity contribution is 6.10. The van der Waals surface area contributed by atoms with Crippen molar-refractivity contribution in [3.8, 4) is 73.2 Å². The van der Waals surface area contributed by atoms with Gasteiger partial charge in [-0.15, -0.1) is 0 Å². The van der Waals surface area contributed by atoms with Crippen molar-refractivity contribution < 1.29 is 23.0 Å². The molecular formula is C69H58N4O. The summed E-state index contributed by atoms with van der Waals surface area (Å²) in [6.45, 7) is 13.5. The van der Waals surface area contributed by atoms with Gasteiger partial charge in [0.05, 0.1) is 47.1 Å². The molecule has 360 valence electrons. The lowest BCUT2D eigenvalue weighted by Crippen LogP contribution is -2.31. The molecule has 12 aromatic rings. The third-order valence-corrected chi connectivity index (χ3v) is 14.2. The zero-order chi connectivity index (χ0) is 59.2. The molecule has 9 aromatic carbocycles. The van der Waals surface area contributed by atoms with Crippen molar-refractivity contribution in [1.29, 1.82) is 0 Å². The Hall–Kier alpha value is -8.80. The van der Waals surface area contributed by atoms with Gasteiger partial charge >= 0.3 is 0 Å². The molecule has 3 aromatic heterocycles. The van der Waals surface area contributed by atoms with Crippen molar-refractivity contribution in [1.82, 2.24) is 14.1 Å². The molecule has 5 nitrogen and oxygen atoms in total. The number of hydrogen-bond acceptors (Lipinski definition) is 2. The van der Waals surface area contributed by atoms with Crippen LogP contribution in [0.25, 0.3) is 94.5 Å². The molecule has 0 aliphatic rings. The van der Waals surface area contributed by atoms with E-state index in [0.29, 0.717) is 34.1 Å². The van der Waals surface area contributed by atoms with E-state index in [1.807, 2.05) is 83.6 Å². The normalized spacial score (nSPS) is 14.1. The van der Waals surface area contributed by atoms with Gasteiger partial charge in [-0.3, -0.25) is 13.7 Å². The Morgan fingerprint density at radius 2 is 1.20 bits per heavy atom. The zero-order valence-electron chi connectivity index (χ0n) is 52.0. The first-order valence-corrected chi connectivity index (χ1v) is 25.0. The summed E-state index contributed by atoms with van der Waals surface area (Å²) in [6.07, 6.45) is 5.50. The second-order valence-electron chi connectivity index (χ2n) is 20.2. The quantitative estimate of drug-likeness (QED) is 0.0956. The van der Waals surface area contributed by atoms with Crippen LogP contribution in [-0.2, 0) is 5.41 Å². The van der Waals surface area contributed by atoms with Crippen LogP contribution in [0.5, 0.6) is 11.5 Å². The van der Waals surface area contributed by atoms with Crippen molar-refractivity contribution in [2.24, 2.45) is 5.92 Å². The number of pyridine rings is 1. The molecule has 0 spiro atoms. The largest absolute Gasteiger partial charge is 0.458 e. The van der Waals surface area contributed by atoms with Gasteiger partial charge in [0, 0.05) is 28.6 Å². The van der Waals surface area contributed by atoms with Crippen LogP contribution in [0.1, 0.15) is 72.3 Å². The van der Waals surface area contributed by atoms with Gasteiger partial charge in [-0.05, 0) is 116 Å². The van der Waals surface area contributed by atoms with Crippen LogP contribution in [0.3, 0.4) is 0 Å². The second-order valence-corrected chi connectivity index (χ2v) is 20.2. The van der Waals surface area contributed by atoms with E-state index in [2.05, 4.69) is 125 Å². The number of hydrogen-bond donors (Lipinski definition) is 0. The number of benzene rings is 9. The van der Waals surface area contributed by atoms with Gasteiger partial charge in [0.15, 0.2) is 0 Å². The van der Waals surface area contributed by atoms with Gasteiger partial charge in [-0.25, -0.2) is 4.98 Å². The Balaban J connectivity index is 1.01. The second kappa shape index (κ2) is 19.0. The lowest BCUT2D eigenvalue weighted by atomic mass is 9.84. The fourth-order valence-corrected chi connectivity index (χ4v) is 10.0. The molecule has 74 heavy (non-hydrogen) atoms. The van der Waals surface area contributed by atoms with Crippen LogP contribution in [0, 0.1) is 12.2 Å². The van der Waals surface area contributed by atoms with Crippen LogP contribution >= 0.6 is 0 Å².